The van der Waals surface area contributed by atoms with Gasteiger partial charge in [-0.1, -0.05) is 15.9 Å². The minimum absolute atomic E-state index is 0.558. The number of sulfonamides is 1. The summed E-state index contributed by atoms with van der Waals surface area (Å²) < 4.78 is 25.3. The zero-order chi connectivity index (χ0) is 14.0. The molecule has 5 nitrogen and oxygen atoms in total. The van der Waals surface area contributed by atoms with Gasteiger partial charge in [0.15, 0.2) is 0 Å². The molecule has 106 valence electrons. The van der Waals surface area contributed by atoms with Crippen molar-refractivity contribution < 1.29 is 8.42 Å². The van der Waals surface area contributed by atoms with Gasteiger partial charge in [0.2, 0.25) is 10.0 Å². The van der Waals surface area contributed by atoms with Crippen molar-refractivity contribution in [2.75, 3.05) is 38.2 Å². The third-order valence-corrected chi connectivity index (χ3v) is 4.95. The van der Waals surface area contributed by atoms with Gasteiger partial charge in [0, 0.05) is 42.9 Å². The Labute approximate surface area is 122 Å². The predicted octanol–water partition coefficient (Wildman–Crippen LogP) is 1.11. The lowest BCUT2D eigenvalue weighted by atomic mass is 10.2. The molecule has 0 radical (unpaired) electrons. The number of nitrogen functional groups attached to an aromatic ring is 1. The van der Waals surface area contributed by atoms with Crippen LogP contribution in [-0.4, -0.2) is 50.1 Å². The number of hydrogen-bond donors (Lipinski definition) is 1. The monoisotopic (exact) mass is 347 g/mol. The smallest absolute Gasteiger partial charge is 0.211 e. The largest absolute Gasteiger partial charge is 0.399 e. The minimum Gasteiger partial charge on any atom is -0.399 e. The minimum atomic E-state index is -3.06. The van der Waals surface area contributed by atoms with Gasteiger partial charge < -0.3 is 5.73 Å². The summed E-state index contributed by atoms with van der Waals surface area (Å²) in [4.78, 5) is 2.24. The first-order chi connectivity index (χ1) is 8.84. The first-order valence-electron chi connectivity index (χ1n) is 6.07. The number of benzene rings is 1. The summed E-state index contributed by atoms with van der Waals surface area (Å²) in [5.74, 6) is 0. The summed E-state index contributed by atoms with van der Waals surface area (Å²) in [6.45, 7) is 3.41. The van der Waals surface area contributed by atoms with Crippen molar-refractivity contribution in [3.8, 4) is 0 Å². The molecule has 2 N–H and O–H groups in total. The van der Waals surface area contributed by atoms with Gasteiger partial charge in [-0.05, 0) is 23.8 Å². The van der Waals surface area contributed by atoms with E-state index in [9.17, 15) is 8.42 Å². The Morgan fingerprint density at radius 2 is 1.84 bits per heavy atom. The fourth-order valence-corrected chi connectivity index (χ4v) is 3.63. The van der Waals surface area contributed by atoms with Crippen LogP contribution in [0.5, 0.6) is 0 Å². The van der Waals surface area contributed by atoms with Gasteiger partial charge in [-0.3, -0.25) is 4.90 Å². The maximum Gasteiger partial charge on any atom is 0.211 e. The molecule has 1 aromatic carbocycles. The molecule has 0 unspecified atom stereocenters. The van der Waals surface area contributed by atoms with Gasteiger partial charge in [0.05, 0.1) is 6.26 Å². The Kier molecular flexibility index (Phi) is 4.50. The molecule has 0 saturated carbocycles. The molecule has 19 heavy (non-hydrogen) atoms. The Morgan fingerprint density at radius 1 is 1.21 bits per heavy atom. The molecule has 0 spiro atoms. The first-order valence-corrected chi connectivity index (χ1v) is 8.71. The topological polar surface area (TPSA) is 66.6 Å². The Morgan fingerprint density at radius 3 is 2.37 bits per heavy atom. The van der Waals surface area contributed by atoms with Crippen molar-refractivity contribution in [2.24, 2.45) is 0 Å². The van der Waals surface area contributed by atoms with E-state index in [4.69, 9.17) is 5.73 Å². The van der Waals surface area contributed by atoms with Crippen LogP contribution in [-0.2, 0) is 16.6 Å². The highest BCUT2D eigenvalue weighted by Crippen LogP contribution is 2.19. The zero-order valence-corrected chi connectivity index (χ0v) is 13.2. The average Bonchev–Trinajstić information content (AvgIpc) is 2.26. The third kappa shape index (κ3) is 4.17. The molecule has 7 heteroatoms. The number of anilines is 1. The Bertz CT molecular complexity index is 534. The van der Waals surface area contributed by atoms with Crippen molar-refractivity contribution >= 4 is 31.6 Å². The van der Waals surface area contributed by atoms with Gasteiger partial charge in [-0.15, -0.1) is 0 Å². The van der Waals surface area contributed by atoms with E-state index < -0.39 is 10.0 Å². The Hall–Kier alpha value is -0.630. The van der Waals surface area contributed by atoms with Crippen LogP contribution in [0.2, 0.25) is 0 Å². The van der Waals surface area contributed by atoms with E-state index in [0.29, 0.717) is 13.1 Å². The second-order valence-electron chi connectivity index (χ2n) is 4.83. The van der Waals surface area contributed by atoms with Crippen LogP contribution < -0.4 is 5.73 Å². The molecule has 0 amide bonds. The van der Waals surface area contributed by atoms with E-state index in [1.54, 1.807) is 0 Å². The average molecular weight is 348 g/mol. The van der Waals surface area contributed by atoms with Crippen LogP contribution in [0.4, 0.5) is 5.69 Å². The third-order valence-electron chi connectivity index (χ3n) is 3.19. The van der Waals surface area contributed by atoms with Gasteiger partial charge >= 0.3 is 0 Å². The second kappa shape index (κ2) is 5.78. The van der Waals surface area contributed by atoms with E-state index in [1.165, 1.54) is 10.6 Å². The van der Waals surface area contributed by atoms with E-state index >= 15 is 0 Å². The summed E-state index contributed by atoms with van der Waals surface area (Å²) >= 11 is 3.43. The first kappa shape index (κ1) is 14.8. The van der Waals surface area contributed by atoms with E-state index in [1.807, 2.05) is 18.2 Å². The van der Waals surface area contributed by atoms with E-state index in [0.717, 1.165) is 35.4 Å². The van der Waals surface area contributed by atoms with Gasteiger partial charge in [-0.25, -0.2) is 8.42 Å². The molecule has 1 aliphatic heterocycles. The standard InChI is InChI=1S/C12H18BrN3O2S/c1-19(17,18)16-4-2-15(3-5-16)9-10-6-11(13)8-12(14)7-10/h6-8H,2-5,9,14H2,1H3. The predicted molar refractivity (Wildman–Crippen MR) is 80.2 cm³/mol. The zero-order valence-electron chi connectivity index (χ0n) is 10.8. The normalized spacial score (nSPS) is 18.6. The summed E-state index contributed by atoms with van der Waals surface area (Å²) in [5, 5.41) is 0. The number of piperazine rings is 1. The van der Waals surface area contributed by atoms with Crippen molar-refractivity contribution in [2.45, 2.75) is 6.54 Å². The van der Waals surface area contributed by atoms with Crippen LogP contribution in [0.15, 0.2) is 22.7 Å². The van der Waals surface area contributed by atoms with Gasteiger partial charge in [-0.2, -0.15) is 4.31 Å². The summed E-state index contributed by atoms with van der Waals surface area (Å²) in [5.41, 5.74) is 7.68. The number of nitrogens with two attached hydrogens (primary N) is 1. The molecule has 1 fully saturated rings. The number of hydrogen-bond acceptors (Lipinski definition) is 4. The lowest BCUT2D eigenvalue weighted by molar-refractivity contribution is 0.182. The van der Waals surface area contributed by atoms with Crippen molar-refractivity contribution in [1.82, 2.24) is 9.21 Å². The van der Waals surface area contributed by atoms with E-state index in [2.05, 4.69) is 20.8 Å². The van der Waals surface area contributed by atoms with Crippen molar-refractivity contribution in [3.63, 3.8) is 0 Å². The van der Waals surface area contributed by atoms with Crippen LogP contribution in [0.25, 0.3) is 0 Å². The summed E-state index contributed by atoms with van der Waals surface area (Å²) in [6.07, 6.45) is 1.26. The molecule has 2 rings (SSSR count). The molecule has 1 heterocycles. The van der Waals surface area contributed by atoms with Gasteiger partial charge in [0.1, 0.15) is 0 Å². The number of halogens is 1. The molecule has 0 aromatic heterocycles. The Balaban J connectivity index is 1.96. The van der Waals surface area contributed by atoms with E-state index in [-0.39, 0.29) is 0 Å². The second-order valence-corrected chi connectivity index (χ2v) is 7.73. The maximum absolute atomic E-state index is 11.4. The highest BCUT2D eigenvalue weighted by molar-refractivity contribution is 9.10. The summed E-state index contributed by atoms with van der Waals surface area (Å²) in [7, 11) is -3.06. The molecule has 1 saturated heterocycles. The quantitative estimate of drug-likeness (QED) is 0.831. The fourth-order valence-electron chi connectivity index (χ4n) is 2.24. The molecular weight excluding hydrogens is 330 g/mol. The molecule has 1 aliphatic rings. The van der Waals surface area contributed by atoms with Crippen molar-refractivity contribution in [1.29, 1.82) is 0 Å². The van der Waals surface area contributed by atoms with Gasteiger partial charge in [0.25, 0.3) is 0 Å². The molecule has 0 atom stereocenters. The highest BCUT2D eigenvalue weighted by Gasteiger charge is 2.23. The van der Waals surface area contributed by atoms with Crippen LogP contribution in [0, 0.1) is 0 Å². The van der Waals surface area contributed by atoms with Crippen LogP contribution >= 0.6 is 15.9 Å². The fraction of sp³-hybridized carbons (Fsp3) is 0.500. The number of rotatable bonds is 3. The SMILES string of the molecule is CS(=O)(=O)N1CCN(Cc2cc(N)cc(Br)c2)CC1. The van der Waals surface area contributed by atoms with Crippen molar-refractivity contribution in [3.05, 3.63) is 28.2 Å². The van der Waals surface area contributed by atoms with Crippen LogP contribution in [0.1, 0.15) is 5.56 Å². The van der Waals surface area contributed by atoms with Crippen LogP contribution in [0.3, 0.4) is 0 Å². The molecular formula is C12H18BrN3O2S. The molecule has 0 aliphatic carbocycles. The maximum atomic E-state index is 11.4. The molecule has 1 aromatic rings. The lowest BCUT2D eigenvalue weighted by Crippen LogP contribution is -2.47. The molecule has 0 bridgehead atoms. The number of nitrogens with zero attached hydrogens (tertiary/aromatic N) is 2. The summed E-state index contributed by atoms with van der Waals surface area (Å²) in [6, 6.07) is 5.86. The lowest BCUT2D eigenvalue weighted by Gasteiger charge is -2.33. The highest BCUT2D eigenvalue weighted by atomic mass is 79.9.